The standard InChI is InChI=1S/C13H16F5O6PS/c1-9(2)7-23-25(19,20)8-24-26(21,22)11-6-4-3-5-10(11)12(14,15)13(16,17)18/h3-6,9H,7-8H2,1-2H3,(H,19,20). The number of benzene rings is 1. The molecule has 150 valence electrons. The molecule has 13 heteroatoms. The van der Waals surface area contributed by atoms with E-state index < -0.39 is 46.6 Å². The molecule has 0 aliphatic carbocycles. The van der Waals surface area contributed by atoms with Crippen LogP contribution in [0, 0.1) is 5.92 Å². The summed E-state index contributed by atoms with van der Waals surface area (Å²) in [4.78, 5) is 7.98. The molecule has 0 bridgehead atoms. The van der Waals surface area contributed by atoms with E-state index in [2.05, 4.69) is 8.71 Å². The Morgan fingerprint density at radius 1 is 1.15 bits per heavy atom. The minimum atomic E-state index is -6.05. The average Bonchev–Trinajstić information content (AvgIpc) is 2.50. The second-order valence-corrected chi connectivity index (χ2v) is 8.97. The van der Waals surface area contributed by atoms with E-state index in [0.29, 0.717) is 6.07 Å². The fraction of sp³-hybridized carbons (Fsp3) is 0.538. The predicted molar refractivity (Wildman–Crippen MR) is 80.1 cm³/mol. The van der Waals surface area contributed by atoms with E-state index in [1.54, 1.807) is 13.8 Å². The van der Waals surface area contributed by atoms with Crippen LogP contribution in [0.2, 0.25) is 0 Å². The van der Waals surface area contributed by atoms with E-state index in [4.69, 9.17) is 0 Å². The summed E-state index contributed by atoms with van der Waals surface area (Å²) in [6, 6.07) is 2.44. The molecule has 0 fully saturated rings. The number of halogens is 5. The molecule has 1 aromatic rings. The minimum absolute atomic E-state index is 0.182. The van der Waals surface area contributed by atoms with Crippen molar-refractivity contribution in [1.82, 2.24) is 0 Å². The molecule has 0 aliphatic rings. The van der Waals surface area contributed by atoms with E-state index >= 15 is 0 Å². The second kappa shape index (κ2) is 7.89. The molecule has 0 amide bonds. The average molecular weight is 426 g/mol. The van der Waals surface area contributed by atoms with Gasteiger partial charge in [0.2, 0.25) is 0 Å². The van der Waals surface area contributed by atoms with Gasteiger partial charge in [-0.05, 0) is 12.0 Å². The van der Waals surface area contributed by atoms with Crippen molar-refractivity contribution in [2.75, 3.05) is 13.0 Å². The van der Waals surface area contributed by atoms with Crippen LogP contribution < -0.4 is 0 Å². The van der Waals surface area contributed by atoms with Gasteiger partial charge < -0.3 is 9.42 Å². The molecule has 0 spiro atoms. The Balaban J connectivity index is 3.14. The molecule has 0 aliphatic heterocycles. The number of hydrogen-bond donors (Lipinski definition) is 1. The molecule has 0 heterocycles. The Labute approximate surface area is 146 Å². The third-order valence-corrected chi connectivity index (χ3v) is 5.34. The van der Waals surface area contributed by atoms with Crippen LogP contribution in [-0.2, 0) is 29.3 Å². The van der Waals surface area contributed by atoms with Crippen molar-refractivity contribution in [2.45, 2.75) is 30.8 Å². The van der Waals surface area contributed by atoms with Crippen molar-refractivity contribution in [2.24, 2.45) is 5.92 Å². The van der Waals surface area contributed by atoms with Gasteiger partial charge in [0.05, 0.1) is 12.2 Å². The molecule has 1 atom stereocenters. The maximum Gasteiger partial charge on any atom is 0.458 e. The summed E-state index contributed by atoms with van der Waals surface area (Å²) in [5, 5.41) is 0. The van der Waals surface area contributed by atoms with Crippen molar-refractivity contribution < 1.29 is 48.5 Å². The highest BCUT2D eigenvalue weighted by Crippen LogP contribution is 2.47. The van der Waals surface area contributed by atoms with E-state index in [1.165, 1.54) is 0 Å². The quantitative estimate of drug-likeness (QED) is 0.386. The van der Waals surface area contributed by atoms with Crippen molar-refractivity contribution >= 4 is 17.7 Å². The maximum absolute atomic E-state index is 13.6. The molecule has 1 N–H and O–H groups in total. The lowest BCUT2D eigenvalue weighted by Gasteiger charge is -2.22. The van der Waals surface area contributed by atoms with Gasteiger partial charge >= 0.3 is 19.7 Å². The minimum Gasteiger partial charge on any atom is -0.323 e. The maximum atomic E-state index is 13.6. The van der Waals surface area contributed by atoms with Crippen molar-refractivity contribution in [3.63, 3.8) is 0 Å². The summed E-state index contributed by atoms with van der Waals surface area (Å²) in [6.07, 6.45) is -7.49. The Kier molecular flexibility index (Phi) is 6.97. The molecule has 6 nitrogen and oxygen atoms in total. The number of rotatable bonds is 8. The molecule has 0 aromatic heterocycles. The normalized spacial score (nSPS) is 15.9. The first-order chi connectivity index (χ1) is 11.6. The number of alkyl halides is 5. The summed E-state index contributed by atoms with van der Waals surface area (Å²) in [5.41, 5.74) is -1.86. The fourth-order valence-corrected chi connectivity index (χ4v) is 4.13. The fourth-order valence-electron chi connectivity index (χ4n) is 1.60. The Morgan fingerprint density at radius 3 is 2.19 bits per heavy atom. The molecular weight excluding hydrogens is 410 g/mol. The van der Waals surface area contributed by atoms with E-state index in [9.17, 15) is 39.8 Å². The molecule has 0 saturated carbocycles. The zero-order chi connectivity index (χ0) is 20.4. The first-order valence-corrected chi connectivity index (χ1v) is 10.2. The van der Waals surface area contributed by atoms with E-state index in [1.807, 2.05) is 0 Å². The van der Waals surface area contributed by atoms with Crippen LogP contribution in [0.25, 0.3) is 0 Å². The topological polar surface area (TPSA) is 89.9 Å². The zero-order valence-corrected chi connectivity index (χ0v) is 15.2. The lowest BCUT2D eigenvalue weighted by atomic mass is 10.1. The first kappa shape index (κ1) is 23.0. The monoisotopic (exact) mass is 426 g/mol. The second-order valence-electron chi connectivity index (χ2n) is 5.60. The zero-order valence-electron chi connectivity index (χ0n) is 13.5. The van der Waals surface area contributed by atoms with Gasteiger partial charge in [0, 0.05) is 0 Å². The lowest BCUT2D eigenvalue weighted by molar-refractivity contribution is -0.290. The molecule has 26 heavy (non-hydrogen) atoms. The molecular formula is C13H16F5O6PS. The summed E-state index contributed by atoms with van der Waals surface area (Å²) in [7, 11) is -9.76. The Morgan fingerprint density at radius 2 is 1.69 bits per heavy atom. The molecule has 1 rings (SSSR count). The van der Waals surface area contributed by atoms with E-state index in [-0.39, 0.29) is 18.6 Å². The first-order valence-electron chi connectivity index (χ1n) is 7.00. The smallest absolute Gasteiger partial charge is 0.323 e. The third-order valence-electron chi connectivity index (χ3n) is 2.83. The molecule has 1 unspecified atom stereocenters. The van der Waals surface area contributed by atoms with Crippen LogP contribution in [0.3, 0.4) is 0 Å². The van der Waals surface area contributed by atoms with Gasteiger partial charge in [-0.2, -0.15) is 30.4 Å². The van der Waals surface area contributed by atoms with Crippen molar-refractivity contribution in [3.8, 4) is 0 Å². The molecule has 0 radical (unpaired) electrons. The van der Waals surface area contributed by atoms with Gasteiger partial charge in [-0.1, -0.05) is 32.0 Å². The summed E-state index contributed by atoms with van der Waals surface area (Å²) >= 11 is 0. The van der Waals surface area contributed by atoms with Crippen LogP contribution in [-0.4, -0.2) is 32.4 Å². The van der Waals surface area contributed by atoms with Crippen LogP contribution in [0.15, 0.2) is 29.2 Å². The number of hydrogen-bond acceptors (Lipinski definition) is 5. The third kappa shape index (κ3) is 5.71. The Bertz CT molecular complexity index is 777. The van der Waals surface area contributed by atoms with Gasteiger partial charge in [0.15, 0.2) is 6.35 Å². The summed E-state index contributed by atoms with van der Waals surface area (Å²) < 4.78 is 109. The van der Waals surface area contributed by atoms with Gasteiger partial charge in [-0.3, -0.25) is 8.75 Å². The van der Waals surface area contributed by atoms with E-state index in [0.717, 1.165) is 12.1 Å². The van der Waals surface area contributed by atoms with Crippen molar-refractivity contribution in [1.29, 1.82) is 0 Å². The van der Waals surface area contributed by atoms with Crippen molar-refractivity contribution in [3.05, 3.63) is 29.8 Å². The van der Waals surface area contributed by atoms with Crippen LogP contribution in [0.4, 0.5) is 22.0 Å². The molecule has 0 saturated heterocycles. The summed E-state index contributed by atoms with van der Waals surface area (Å²) in [5.74, 6) is -5.66. The van der Waals surface area contributed by atoms with Gasteiger partial charge in [-0.25, -0.2) is 0 Å². The van der Waals surface area contributed by atoms with Gasteiger partial charge in [0.1, 0.15) is 4.90 Å². The predicted octanol–water partition coefficient (Wildman–Crippen LogP) is 3.86. The highest BCUT2D eigenvalue weighted by atomic mass is 32.2. The van der Waals surface area contributed by atoms with Gasteiger partial charge in [-0.15, -0.1) is 0 Å². The van der Waals surface area contributed by atoms with Crippen LogP contribution >= 0.6 is 7.60 Å². The highest BCUT2D eigenvalue weighted by Gasteiger charge is 2.60. The highest BCUT2D eigenvalue weighted by molar-refractivity contribution is 7.87. The van der Waals surface area contributed by atoms with Crippen LogP contribution in [0.5, 0.6) is 0 Å². The lowest BCUT2D eigenvalue weighted by Crippen LogP contribution is -2.35. The Hall–Kier alpha value is -1.07. The van der Waals surface area contributed by atoms with Crippen LogP contribution in [0.1, 0.15) is 19.4 Å². The SMILES string of the molecule is CC(C)COP(=O)(O)COS(=O)(=O)c1ccccc1C(F)(F)C(F)(F)F. The van der Waals surface area contributed by atoms with Gasteiger partial charge in [0.25, 0.3) is 10.1 Å². The largest absolute Gasteiger partial charge is 0.458 e. The molecule has 1 aromatic carbocycles. The summed E-state index contributed by atoms with van der Waals surface area (Å²) in [6.45, 7) is 3.04.